The maximum atomic E-state index is 4.13. The molecule has 1 N–H and O–H groups in total. The van der Waals surface area contributed by atoms with E-state index in [1.807, 2.05) is 12.4 Å². The van der Waals surface area contributed by atoms with E-state index >= 15 is 0 Å². The average molecular weight is 190 g/mol. The van der Waals surface area contributed by atoms with Crippen LogP contribution in [0.1, 0.15) is 37.4 Å². The van der Waals surface area contributed by atoms with Crippen LogP contribution in [0.3, 0.4) is 0 Å². The second-order valence-corrected chi connectivity index (χ2v) is 4.55. The highest BCUT2D eigenvalue weighted by molar-refractivity contribution is 5.29. The van der Waals surface area contributed by atoms with E-state index in [2.05, 4.69) is 37.1 Å². The SMILES string of the molecule is CCC1(C)CNC1c1ccncc1C. The molecule has 0 spiro atoms. The minimum absolute atomic E-state index is 0.437. The maximum absolute atomic E-state index is 4.13. The molecule has 76 valence electrons. The summed E-state index contributed by atoms with van der Waals surface area (Å²) < 4.78 is 0. The zero-order chi connectivity index (χ0) is 10.2. The van der Waals surface area contributed by atoms with Gasteiger partial charge in [0.15, 0.2) is 0 Å². The summed E-state index contributed by atoms with van der Waals surface area (Å²) in [4.78, 5) is 4.13. The maximum Gasteiger partial charge on any atom is 0.0390 e. The topological polar surface area (TPSA) is 24.9 Å². The molecule has 0 aliphatic carbocycles. The minimum Gasteiger partial charge on any atom is -0.309 e. The van der Waals surface area contributed by atoms with E-state index in [-0.39, 0.29) is 0 Å². The van der Waals surface area contributed by atoms with Gasteiger partial charge >= 0.3 is 0 Å². The quantitative estimate of drug-likeness (QED) is 0.775. The lowest BCUT2D eigenvalue weighted by Crippen LogP contribution is -2.54. The Kier molecular flexibility index (Phi) is 2.31. The van der Waals surface area contributed by atoms with Gasteiger partial charge < -0.3 is 5.32 Å². The summed E-state index contributed by atoms with van der Waals surface area (Å²) in [7, 11) is 0. The molecule has 0 bridgehead atoms. The van der Waals surface area contributed by atoms with Crippen molar-refractivity contribution in [2.24, 2.45) is 5.41 Å². The van der Waals surface area contributed by atoms with Gasteiger partial charge in [-0.1, -0.05) is 13.8 Å². The van der Waals surface area contributed by atoms with Gasteiger partial charge in [0.05, 0.1) is 0 Å². The van der Waals surface area contributed by atoms with Crippen LogP contribution in [-0.4, -0.2) is 11.5 Å². The molecule has 2 rings (SSSR count). The molecule has 1 fully saturated rings. The first-order chi connectivity index (χ1) is 6.67. The number of nitrogens with zero attached hydrogens (tertiary/aromatic N) is 1. The predicted molar refractivity (Wildman–Crippen MR) is 58.1 cm³/mol. The van der Waals surface area contributed by atoms with Crippen molar-refractivity contribution in [1.29, 1.82) is 0 Å². The fourth-order valence-corrected chi connectivity index (χ4v) is 2.18. The van der Waals surface area contributed by atoms with Gasteiger partial charge in [0, 0.05) is 25.0 Å². The Morgan fingerprint density at radius 3 is 2.93 bits per heavy atom. The van der Waals surface area contributed by atoms with E-state index in [0.717, 1.165) is 6.54 Å². The van der Waals surface area contributed by atoms with Crippen LogP contribution in [0.25, 0.3) is 0 Å². The van der Waals surface area contributed by atoms with Crippen molar-refractivity contribution in [3.05, 3.63) is 29.6 Å². The lowest BCUT2D eigenvalue weighted by molar-refractivity contribution is 0.0984. The van der Waals surface area contributed by atoms with E-state index in [1.165, 1.54) is 17.5 Å². The van der Waals surface area contributed by atoms with Gasteiger partial charge in [0.25, 0.3) is 0 Å². The van der Waals surface area contributed by atoms with Crippen molar-refractivity contribution in [1.82, 2.24) is 10.3 Å². The van der Waals surface area contributed by atoms with Gasteiger partial charge in [-0.25, -0.2) is 0 Å². The summed E-state index contributed by atoms with van der Waals surface area (Å²) in [6, 6.07) is 2.66. The normalized spacial score (nSPS) is 31.2. The number of pyridine rings is 1. The fourth-order valence-electron chi connectivity index (χ4n) is 2.18. The second-order valence-electron chi connectivity index (χ2n) is 4.55. The standard InChI is InChI=1S/C12H18N2/c1-4-12(3)8-14-11(12)10-5-6-13-7-9(10)2/h5-7,11,14H,4,8H2,1-3H3. The first kappa shape index (κ1) is 9.66. The third-order valence-electron chi connectivity index (χ3n) is 3.59. The molecule has 1 aliphatic heterocycles. The third-order valence-corrected chi connectivity index (χ3v) is 3.59. The van der Waals surface area contributed by atoms with Gasteiger partial charge in [0.1, 0.15) is 0 Å². The molecule has 1 aromatic rings. The van der Waals surface area contributed by atoms with Gasteiger partial charge in [-0.15, -0.1) is 0 Å². The molecular formula is C12H18N2. The molecule has 14 heavy (non-hydrogen) atoms. The monoisotopic (exact) mass is 190 g/mol. The van der Waals surface area contributed by atoms with Crippen molar-refractivity contribution in [3.8, 4) is 0 Å². The molecule has 2 atom stereocenters. The Hall–Kier alpha value is -0.890. The predicted octanol–water partition coefficient (Wildman–Crippen LogP) is 2.45. The number of nitrogens with one attached hydrogen (secondary N) is 1. The zero-order valence-corrected chi connectivity index (χ0v) is 9.17. The van der Waals surface area contributed by atoms with Crippen molar-refractivity contribution >= 4 is 0 Å². The molecule has 1 saturated heterocycles. The molecule has 2 unspecified atom stereocenters. The molecule has 2 nitrogen and oxygen atoms in total. The highest BCUT2D eigenvalue weighted by atomic mass is 15.0. The van der Waals surface area contributed by atoms with Crippen LogP contribution in [0.4, 0.5) is 0 Å². The Morgan fingerprint density at radius 1 is 1.64 bits per heavy atom. The molecule has 2 heteroatoms. The van der Waals surface area contributed by atoms with Crippen LogP contribution < -0.4 is 5.32 Å². The molecule has 0 aromatic carbocycles. The molecule has 0 saturated carbocycles. The summed E-state index contributed by atoms with van der Waals surface area (Å²) in [5.74, 6) is 0. The smallest absolute Gasteiger partial charge is 0.0390 e. The third kappa shape index (κ3) is 1.34. The van der Waals surface area contributed by atoms with Crippen molar-refractivity contribution < 1.29 is 0 Å². The highest BCUT2D eigenvalue weighted by Crippen LogP contribution is 2.43. The number of hydrogen-bond acceptors (Lipinski definition) is 2. The van der Waals surface area contributed by atoms with Gasteiger partial charge in [-0.05, 0) is 36.0 Å². The van der Waals surface area contributed by atoms with E-state index in [9.17, 15) is 0 Å². The summed E-state index contributed by atoms with van der Waals surface area (Å²) in [6.07, 6.45) is 5.07. The highest BCUT2D eigenvalue weighted by Gasteiger charge is 2.42. The number of rotatable bonds is 2. The fraction of sp³-hybridized carbons (Fsp3) is 0.583. The summed E-state index contributed by atoms with van der Waals surface area (Å²) >= 11 is 0. The van der Waals surface area contributed by atoms with Crippen LogP contribution in [0.15, 0.2) is 18.5 Å². The van der Waals surface area contributed by atoms with Crippen LogP contribution in [-0.2, 0) is 0 Å². The Balaban J connectivity index is 2.29. The molecule has 1 aromatic heterocycles. The van der Waals surface area contributed by atoms with E-state index in [0.29, 0.717) is 11.5 Å². The Bertz CT molecular complexity index is 331. The van der Waals surface area contributed by atoms with Crippen LogP contribution in [0, 0.1) is 12.3 Å². The van der Waals surface area contributed by atoms with Crippen LogP contribution in [0.2, 0.25) is 0 Å². The van der Waals surface area contributed by atoms with E-state index in [1.54, 1.807) is 0 Å². The zero-order valence-electron chi connectivity index (χ0n) is 9.17. The lowest BCUT2D eigenvalue weighted by Gasteiger charge is -2.48. The van der Waals surface area contributed by atoms with Crippen LogP contribution in [0.5, 0.6) is 0 Å². The van der Waals surface area contributed by atoms with Crippen molar-refractivity contribution in [2.75, 3.05) is 6.54 Å². The van der Waals surface area contributed by atoms with Crippen molar-refractivity contribution in [3.63, 3.8) is 0 Å². The van der Waals surface area contributed by atoms with Crippen molar-refractivity contribution in [2.45, 2.75) is 33.2 Å². The second kappa shape index (κ2) is 3.35. The van der Waals surface area contributed by atoms with Gasteiger partial charge in [0.2, 0.25) is 0 Å². The molecule has 0 radical (unpaired) electrons. The average Bonchev–Trinajstić information content (AvgIpc) is 2.18. The first-order valence-electron chi connectivity index (χ1n) is 5.31. The van der Waals surface area contributed by atoms with E-state index in [4.69, 9.17) is 0 Å². The number of aryl methyl sites for hydroxylation is 1. The van der Waals surface area contributed by atoms with Gasteiger partial charge in [-0.2, -0.15) is 0 Å². The molecule has 1 aliphatic rings. The summed E-state index contributed by atoms with van der Waals surface area (Å²) in [6.45, 7) is 7.90. The number of hydrogen-bond donors (Lipinski definition) is 1. The Labute approximate surface area is 85.7 Å². The Morgan fingerprint density at radius 2 is 2.43 bits per heavy atom. The summed E-state index contributed by atoms with van der Waals surface area (Å²) in [5, 5.41) is 3.52. The minimum atomic E-state index is 0.437. The number of aromatic nitrogens is 1. The van der Waals surface area contributed by atoms with E-state index < -0.39 is 0 Å². The summed E-state index contributed by atoms with van der Waals surface area (Å²) in [5.41, 5.74) is 3.14. The van der Waals surface area contributed by atoms with Crippen LogP contribution >= 0.6 is 0 Å². The van der Waals surface area contributed by atoms with Gasteiger partial charge in [-0.3, -0.25) is 4.98 Å². The molecular weight excluding hydrogens is 172 g/mol. The lowest BCUT2D eigenvalue weighted by atomic mass is 9.70. The largest absolute Gasteiger partial charge is 0.309 e. The molecule has 0 amide bonds. The molecule has 2 heterocycles. The first-order valence-corrected chi connectivity index (χ1v) is 5.31.